The average Bonchev–Trinajstić information content (AvgIpc) is 3.91. The molecular formula is C44H46N4O5. The third-order valence-corrected chi connectivity index (χ3v) is 9.88. The van der Waals surface area contributed by atoms with Crippen LogP contribution in [-0.4, -0.2) is 40.9 Å². The van der Waals surface area contributed by atoms with E-state index >= 15 is 0 Å². The summed E-state index contributed by atoms with van der Waals surface area (Å²) in [7, 11) is 0. The van der Waals surface area contributed by atoms with Crippen LogP contribution in [0.5, 0.6) is 11.5 Å². The molecule has 2 aliphatic rings. The van der Waals surface area contributed by atoms with E-state index in [0.29, 0.717) is 31.7 Å². The zero-order valence-corrected chi connectivity index (χ0v) is 30.3. The maximum atomic E-state index is 12.2. The van der Waals surface area contributed by atoms with Gasteiger partial charge in [0.1, 0.15) is 17.6 Å². The third kappa shape index (κ3) is 9.36. The molecule has 0 spiro atoms. The highest BCUT2D eigenvalue weighted by atomic mass is 16.5. The van der Waals surface area contributed by atoms with Gasteiger partial charge in [-0.1, -0.05) is 60.7 Å². The fourth-order valence-corrected chi connectivity index (χ4v) is 6.89. The number of phenols is 1. The van der Waals surface area contributed by atoms with E-state index in [9.17, 15) is 19.8 Å². The lowest BCUT2D eigenvalue weighted by Crippen LogP contribution is -2.17. The predicted molar refractivity (Wildman–Crippen MR) is 204 cm³/mol. The first-order valence-electron chi connectivity index (χ1n) is 18.1. The molecule has 53 heavy (non-hydrogen) atoms. The van der Waals surface area contributed by atoms with E-state index in [1.807, 2.05) is 89.1 Å². The number of carbonyl (C=O) groups excluding carboxylic acids is 2. The summed E-state index contributed by atoms with van der Waals surface area (Å²) < 4.78 is 10.3. The summed E-state index contributed by atoms with van der Waals surface area (Å²) in [4.78, 5) is 31.7. The fraction of sp³-hybridized carbons (Fsp3) is 0.273. The van der Waals surface area contributed by atoms with Gasteiger partial charge in [0.05, 0.1) is 31.8 Å². The zero-order chi connectivity index (χ0) is 37.2. The van der Waals surface area contributed by atoms with E-state index in [0.717, 1.165) is 75.9 Å². The van der Waals surface area contributed by atoms with Gasteiger partial charge in [0, 0.05) is 48.8 Å². The number of aromatic nitrogens is 4. The molecule has 0 bridgehead atoms. The Morgan fingerprint density at radius 1 is 0.660 bits per heavy atom. The van der Waals surface area contributed by atoms with Crippen molar-refractivity contribution in [3.63, 3.8) is 0 Å². The fourth-order valence-electron chi connectivity index (χ4n) is 6.89. The van der Waals surface area contributed by atoms with Crippen molar-refractivity contribution in [3.05, 3.63) is 167 Å². The van der Waals surface area contributed by atoms with Gasteiger partial charge in [-0.05, 0) is 97.2 Å². The molecule has 0 saturated carbocycles. The molecule has 0 radical (unpaired) electrons. The first kappa shape index (κ1) is 37.0. The minimum atomic E-state index is -0.467. The van der Waals surface area contributed by atoms with Gasteiger partial charge in [0.25, 0.3) is 0 Å². The van der Waals surface area contributed by atoms with Crippen LogP contribution in [0.3, 0.4) is 0 Å². The lowest BCUT2D eigenvalue weighted by molar-refractivity contribution is 0.0964. The van der Waals surface area contributed by atoms with Gasteiger partial charge in [-0.2, -0.15) is 0 Å². The van der Waals surface area contributed by atoms with Gasteiger partial charge in [-0.3, -0.25) is 9.59 Å². The van der Waals surface area contributed by atoms with Crippen LogP contribution < -0.4 is 4.74 Å². The van der Waals surface area contributed by atoms with Crippen molar-refractivity contribution >= 4 is 11.6 Å². The Morgan fingerprint density at radius 2 is 1.19 bits per heavy atom. The smallest absolute Gasteiger partial charge is 0.163 e. The van der Waals surface area contributed by atoms with Crippen LogP contribution >= 0.6 is 0 Å². The van der Waals surface area contributed by atoms with Gasteiger partial charge < -0.3 is 24.1 Å². The number of hydrogen-bond acceptors (Lipinski definition) is 7. The van der Waals surface area contributed by atoms with Gasteiger partial charge in [0.2, 0.25) is 0 Å². The Morgan fingerprint density at radius 3 is 1.75 bits per heavy atom. The van der Waals surface area contributed by atoms with Gasteiger partial charge in [-0.25, -0.2) is 9.97 Å². The van der Waals surface area contributed by atoms with Crippen LogP contribution in [0.2, 0.25) is 0 Å². The summed E-state index contributed by atoms with van der Waals surface area (Å²) in [5.74, 6) is 1.61. The number of imidazole rings is 2. The number of phenolic OH excluding ortho intramolecular Hbond substituents is 1. The van der Waals surface area contributed by atoms with E-state index in [1.165, 1.54) is 0 Å². The number of ether oxygens (including phenoxy) is 1. The highest BCUT2D eigenvalue weighted by molar-refractivity contribution is 5.99. The molecule has 9 nitrogen and oxygen atoms in total. The van der Waals surface area contributed by atoms with Crippen molar-refractivity contribution in [1.29, 1.82) is 0 Å². The number of aromatic hydroxyl groups is 1. The molecule has 0 saturated heterocycles. The van der Waals surface area contributed by atoms with Crippen molar-refractivity contribution < 1.29 is 24.5 Å². The van der Waals surface area contributed by atoms with Gasteiger partial charge >= 0.3 is 0 Å². The molecule has 0 amide bonds. The van der Waals surface area contributed by atoms with Crippen molar-refractivity contribution in [3.8, 4) is 11.5 Å². The highest BCUT2D eigenvalue weighted by Gasteiger charge is 2.23. The number of hydrogen-bond donors (Lipinski definition) is 2. The number of rotatable bonds is 8. The molecule has 8 rings (SSSR count). The lowest BCUT2D eigenvalue weighted by atomic mass is 9.87. The Bertz CT molecular complexity index is 2100. The molecule has 0 aliphatic heterocycles. The van der Waals surface area contributed by atoms with Crippen LogP contribution in [0, 0.1) is 13.8 Å². The molecule has 272 valence electrons. The molecule has 9 heteroatoms. The number of nitrogens with zero attached hydrogens (tertiary/aromatic N) is 4. The number of carbonyl (C=O) groups is 2. The van der Waals surface area contributed by atoms with Gasteiger partial charge in [-0.15, -0.1) is 0 Å². The van der Waals surface area contributed by atoms with Crippen LogP contribution in [-0.2, 0) is 25.9 Å². The summed E-state index contributed by atoms with van der Waals surface area (Å²) in [5, 5.41) is 19.3. The summed E-state index contributed by atoms with van der Waals surface area (Å²) in [5.41, 5.74) is 7.86. The standard InChI is InChI=1S/C22H22N2O2.C11H12N2O.C11H12O2/c1-16-18-8-5-9-20(25)19(18)10-11-21(16)26-22(14-24-13-12-23-15-24)17-6-3-2-4-7-17;14-11(8-13-7-6-12-9-13)10-4-2-1-3-5-10;1-7-8-3-2-4-11(13)9(8)5-6-10(7)12/h2-4,6-7,10-13,15,22H,5,8-9,14H2,1H3;1-7,9,11,14H,8H2;5-6,12H,2-4H2,1H3/t22-;11-;/m10./s1. The number of benzene rings is 4. The zero-order valence-electron chi connectivity index (χ0n) is 30.3. The summed E-state index contributed by atoms with van der Waals surface area (Å²) >= 11 is 0. The van der Waals surface area contributed by atoms with E-state index < -0.39 is 6.10 Å². The maximum absolute atomic E-state index is 12.2. The number of fused-ring (bicyclic) bond motifs is 2. The Labute approximate surface area is 310 Å². The first-order valence-corrected chi connectivity index (χ1v) is 18.1. The number of aliphatic hydroxyl groups is 1. The quantitative estimate of drug-likeness (QED) is 0.163. The monoisotopic (exact) mass is 710 g/mol. The average molecular weight is 711 g/mol. The van der Waals surface area contributed by atoms with E-state index in [1.54, 1.807) is 37.2 Å². The normalized spacial score (nSPS) is 14.4. The molecule has 2 aromatic heterocycles. The van der Waals surface area contributed by atoms with Crippen LogP contribution in [0.25, 0.3) is 0 Å². The SMILES string of the molecule is Cc1c(O)ccc2c1CCCC2=O.Cc1c(O[C@H](Cn2ccnc2)c2ccccc2)ccc2c1CCCC2=O.O[C@@H](Cn1ccnc1)c1ccccc1. The first-order chi connectivity index (χ1) is 25.8. The van der Waals surface area contributed by atoms with Crippen LogP contribution in [0.15, 0.2) is 122 Å². The summed E-state index contributed by atoms with van der Waals surface area (Å²) in [6.45, 7) is 5.16. The molecule has 2 atom stereocenters. The Balaban J connectivity index is 0.000000150. The molecule has 2 aliphatic carbocycles. The predicted octanol–water partition coefficient (Wildman–Crippen LogP) is 8.37. The number of Topliss-reactive ketones (excluding diaryl/α,β-unsaturated/α-hetero) is 2. The molecule has 0 fully saturated rings. The van der Waals surface area contributed by atoms with E-state index in [2.05, 4.69) is 29.0 Å². The van der Waals surface area contributed by atoms with Crippen LogP contribution in [0.1, 0.15) is 92.0 Å². The second-order valence-corrected chi connectivity index (χ2v) is 13.5. The second kappa shape index (κ2) is 17.6. The minimum absolute atomic E-state index is 0.124. The van der Waals surface area contributed by atoms with E-state index in [-0.39, 0.29) is 17.7 Å². The molecule has 2 N–H and O–H groups in total. The Hall–Kier alpha value is -5.80. The topological polar surface area (TPSA) is 119 Å². The number of ketones is 2. The van der Waals surface area contributed by atoms with Crippen molar-refractivity contribution in [2.24, 2.45) is 0 Å². The summed E-state index contributed by atoms with van der Waals surface area (Å²) in [6, 6.07) is 27.1. The van der Waals surface area contributed by atoms with Crippen molar-refractivity contribution in [2.75, 3.05) is 0 Å². The highest BCUT2D eigenvalue weighted by Crippen LogP contribution is 2.34. The van der Waals surface area contributed by atoms with Gasteiger partial charge in [0.15, 0.2) is 11.6 Å². The second-order valence-electron chi connectivity index (χ2n) is 13.5. The largest absolute Gasteiger partial charge is 0.508 e. The number of aliphatic hydroxyl groups excluding tert-OH is 1. The molecule has 4 aromatic carbocycles. The molecule has 2 heterocycles. The Kier molecular flexibility index (Phi) is 12.3. The van der Waals surface area contributed by atoms with Crippen molar-refractivity contribution in [2.45, 2.75) is 77.7 Å². The molecule has 0 unspecified atom stereocenters. The summed E-state index contributed by atoms with van der Waals surface area (Å²) in [6.07, 6.45) is 15.2. The maximum Gasteiger partial charge on any atom is 0.163 e. The van der Waals surface area contributed by atoms with Crippen molar-refractivity contribution in [1.82, 2.24) is 19.1 Å². The third-order valence-electron chi connectivity index (χ3n) is 9.88. The van der Waals surface area contributed by atoms with Crippen LogP contribution in [0.4, 0.5) is 0 Å². The lowest BCUT2D eigenvalue weighted by Gasteiger charge is -2.24. The molecular weight excluding hydrogens is 665 g/mol. The minimum Gasteiger partial charge on any atom is -0.508 e. The molecule has 6 aromatic rings. The van der Waals surface area contributed by atoms with E-state index in [4.69, 9.17) is 4.74 Å².